The van der Waals surface area contributed by atoms with Crippen LogP contribution in [0, 0.1) is 17.3 Å². The summed E-state index contributed by atoms with van der Waals surface area (Å²) in [5.41, 5.74) is 10.9. The van der Waals surface area contributed by atoms with Crippen LogP contribution in [0.2, 0.25) is 0 Å². The van der Waals surface area contributed by atoms with Crippen molar-refractivity contribution in [2.75, 3.05) is 0 Å². The molecule has 0 aromatic heterocycles. The van der Waals surface area contributed by atoms with Crippen molar-refractivity contribution in [3.63, 3.8) is 0 Å². The van der Waals surface area contributed by atoms with Gasteiger partial charge in [0.25, 0.3) is 0 Å². The first-order valence-electron chi connectivity index (χ1n) is 8.01. The summed E-state index contributed by atoms with van der Waals surface area (Å²) in [4.78, 5) is 3.11. The molecule has 23 heavy (non-hydrogen) atoms. The average Bonchev–Trinajstić information content (AvgIpc) is 3.09. The molecule has 1 saturated carbocycles. The summed E-state index contributed by atoms with van der Waals surface area (Å²) in [7, 11) is 0. The maximum atomic E-state index is 9.07. The van der Waals surface area contributed by atoms with Gasteiger partial charge < -0.3 is 0 Å². The van der Waals surface area contributed by atoms with Gasteiger partial charge in [0.05, 0.1) is 6.04 Å². The van der Waals surface area contributed by atoms with Crippen LogP contribution in [0.25, 0.3) is 10.4 Å². The highest BCUT2D eigenvalue weighted by molar-refractivity contribution is 5.38. The fourth-order valence-corrected chi connectivity index (χ4v) is 3.37. The molecule has 3 nitrogen and oxygen atoms in total. The van der Waals surface area contributed by atoms with Gasteiger partial charge in [-0.2, -0.15) is 0 Å². The molecule has 0 amide bonds. The summed E-state index contributed by atoms with van der Waals surface area (Å²) >= 11 is 0. The lowest BCUT2D eigenvalue weighted by molar-refractivity contribution is 0.332. The standard InChI is InChI=1S/C20H19N3/c21-23-22-19(18-11-5-2-6-12-18)20(14-7-8-15-20)16-13-17-9-3-1-4-10-17/h1-6,9-12,19H,7-8,14-15H2. The van der Waals surface area contributed by atoms with Crippen LogP contribution in [0.3, 0.4) is 0 Å². The molecule has 0 bridgehead atoms. The van der Waals surface area contributed by atoms with E-state index in [4.69, 9.17) is 5.53 Å². The molecule has 3 heteroatoms. The van der Waals surface area contributed by atoms with Crippen LogP contribution < -0.4 is 0 Å². The lowest BCUT2D eigenvalue weighted by Gasteiger charge is -2.30. The Kier molecular flexibility index (Phi) is 4.66. The fraction of sp³-hybridized carbons (Fsp3) is 0.300. The summed E-state index contributed by atoms with van der Waals surface area (Å²) < 4.78 is 0. The third kappa shape index (κ3) is 3.39. The summed E-state index contributed by atoms with van der Waals surface area (Å²) in [5.74, 6) is 6.78. The van der Waals surface area contributed by atoms with E-state index in [1.807, 2.05) is 60.7 Å². The minimum Gasteiger partial charge on any atom is -0.0903 e. The van der Waals surface area contributed by atoms with Gasteiger partial charge >= 0.3 is 0 Å². The summed E-state index contributed by atoms with van der Waals surface area (Å²) in [6.07, 6.45) is 4.22. The molecule has 1 atom stereocenters. The highest BCUT2D eigenvalue weighted by Gasteiger charge is 2.40. The van der Waals surface area contributed by atoms with E-state index in [9.17, 15) is 0 Å². The van der Waals surface area contributed by atoms with E-state index in [-0.39, 0.29) is 11.5 Å². The van der Waals surface area contributed by atoms with Crippen molar-refractivity contribution in [2.45, 2.75) is 31.7 Å². The number of azide groups is 1. The van der Waals surface area contributed by atoms with Crippen molar-refractivity contribution in [3.8, 4) is 11.8 Å². The van der Waals surface area contributed by atoms with Gasteiger partial charge in [0.2, 0.25) is 0 Å². The highest BCUT2D eigenvalue weighted by Crippen LogP contribution is 2.49. The molecular formula is C20H19N3. The first-order valence-corrected chi connectivity index (χ1v) is 8.01. The van der Waals surface area contributed by atoms with Gasteiger partial charge in [-0.3, -0.25) is 0 Å². The monoisotopic (exact) mass is 301 g/mol. The fourth-order valence-electron chi connectivity index (χ4n) is 3.37. The molecule has 2 aromatic carbocycles. The third-order valence-electron chi connectivity index (χ3n) is 4.53. The van der Waals surface area contributed by atoms with E-state index in [2.05, 4.69) is 21.9 Å². The Balaban J connectivity index is 2.02. The number of nitrogens with zero attached hydrogens (tertiary/aromatic N) is 3. The minimum atomic E-state index is -0.260. The van der Waals surface area contributed by atoms with Crippen LogP contribution in [0.1, 0.15) is 42.9 Å². The molecule has 0 heterocycles. The molecular weight excluding hydrogens is 282 g/mol. The van der Waals surface area contributed by atoms with Gasteiger partial charge in [-0.05, 0) is 36.1 Å². The summed E-state index contributed by atoms with van der Waals surface area (Å²) in [6, 6.07) is 19.8. The Morgan fingerprint density at radius 3 is 2.17 bits per heavy atom. The molecule has 0 spiro atoms. The Morgan fingerprint density at radius 1 is 0.957 bits per heavy atom. The van der Waals surface area contributed by atoms with Gasteiger partial charge in [-0.25, -0.2) is 0 Å². The molecule has 0 N–H and O–H groups in total. The van der Waals surface area contributed by atoms with Gasteiger partial charge in [0.15, 0.2) is 0 Å². The summed E-state index contributed by atoms with van der Waals surface area (Å²) in [5, 5.41) is 4.14. The van der Waals surface area contributed by atoms with Crippen molar-refractivity contribution in [1.29, 1.82) is 0 Å². The van der Waals surface area contributed by atoms with Crippen LogP contribution in [-0.2, 0) is 0 Å². The predicted octanol–water partition coefficient (Wildman–Crippen LogP) is 5.65. The van der Waals surface area contributed by atoms with E-state index in [0.717, 1.165) is 36.8 Å². The molecule has 0 radical (unpaired) electrons. The lowest BCUT2D eigenvalue weighted by Crippen LogP contribution is -2.22. The third-order valence-corrected chi connectivity index (χ3v) is 4.53. The molecule has 1 unspecified atom stereocenters. The highest BCUT2D eigenvalue weighted by atomic mass is 15.2. The molecule has 1 fully saturated rings. The van der Waals surface area contributed by atoms with E-state index in [1.165, 1.54) is 0 Å². The van der Waals surface area contributed by atoms with E-state index in [0.29, 0.717) is 0 Å². The van der Waals surface area contributed by atoms with Crippen LogP contribution >= 0.6 is 0 Å². The van der Waals surface area contributed by atoms with Crippen molar-refractivity contribution in [3.05, 3.63) is 82.2 Å². The minimum absolute atomic E-state index is 0.229. The zero-order chi connectivity index (χ0) is 16.0. The normalized spacial score (nSPS) is 16.7. The lowest BCUT2D eigenvalue weighted by atomic mass is 9.76. The van der Waals surface area contributed by atoms with Crippen molar-refractivity contribution >= 4 is 0 Å². The number of hydrogen-bond donors (Lipinski definition) is 0. The Labute approximate surface area is 137 Å². The molecule has 114 valence electrons. The van der Waals surface area contributed by atoms with Crippen LogP contribution in [0.4, 0.5) is 0 Å². The second kappa shape index (κ2) is 7.05. The van der Waals surface area contributed by atoms with Crippen molar-refractivity contribution < 1.29 is 0 Å². The quantitative estimate of drug-likeness (QED) is 0.304. The van der Waals surface area contributed by atoms with E-state index in [1.54, 1.807) is 0 Å². The van der Waals surface area contributed by atoms with Crippen molar-refractivity contribution in [1.82, 2.24) is 0 Å². The van der Waals surface area contributed by atoms with Gasteiger partial charge in [-0.1, -0.05) is 78.3 Å². The molecule has 1 aliphatic carbocycles. The summed E-state index contributed by atoms with van der Waals surface area (Å²) in [6.45, 7) is 0. The average molecular weight is 301 g/mol. The molecule has 2 aromatic rings. The topological polar surface area (TPSA) is 48.8 Å². The predicted molar refractivity (Wildman–Crippen MR) is 92.6 cm³/mol. The molecule has 1 aliphatic rings. The SMILES string of the molecule is [N-]=[N+]=NC(c1ccccc1)C1(C#Cc2ccccc2)CCCC1. The second-order valence-corrected chi connectivity index (χ2v) is 6.00. The number of benzene rings is 2. The Morgan fingerprint density at radius 2 is 1.57 bits per heavy atom. The smallest absolute Gasteiger partial charge is 0.0791 e. The zero-order valence-corrected chi connectivity index (χ0v) is 13.0. The van der Waals surface area contributed by atoms with Crippen LogP contribution in [-0.4, -0.2) is 0 Å². The first kappa shape index (κ1) is 15.2. The second-order valence-electron chi connectivity index (χ2n) is 6.00. The molecule has 3 rings (SSSR count). The molecule has 0 aliphatic heterocycles. The van der Waals surface area contributed by atoms with Gasteiger partial charge in [-0.15, -0.1) is 0 Å². The van der Waals surface area contributed by atoms with Crippen molar-refractivity contribution in [2.24, 2.45) is 10.5 Å². The maximum Gasteiger partial charge on any atom is 0.0791 e. The maximum absolute atomic E-state index is 9.07. The Hall–Kier alpha value is -2.69. The van der Waals surface area contributed by atoms with Gasteiger partial charge in [0, 0.05) is 15.9 Å². The zero-order valence-electron chi connectivity index (χ0n) is 13.0. The Bertz CT molecular complexity index is 744. The largest absolute Gasteiger partial charge is 0.0903 e. The number of rotatable bonds is 3. The first-order chi connectivity index (χ1) is 11.3. The van der Waals surface area contributed by atoms with Crippen LogP contribution in [0.15, 0.2) is 65.8 Å². The van der Waals surface area contributed by atoms with E-state index < -0.39 is 0 Å². The van der Waals surface area contributed by atoms with Gasteiger partial charge in [0.1, 0.15) is 0 Å². The van der Waals surface area contributed by atoms with E-state index >= 15 is 0 Å². The molecule has 0 saturated heterocycles. The number of hydrogen-bond acceptors (Lipinski definition) is 1. The van der Waals surface area contributed by atoms with Crippen LogP contribution in [0.5, 0.6) is 0 Å².